The van der Waals surface area contributed by atoms with Crippen molar-refractivity contribution in [2.45, 2.75) is 50.6 Å². The van der Waals surface area contributed by atoms with Crippen LogP contribution in [0.5, 0.6) is 0 Å². The Morgan fingerprint density at radius 2 is 2.25 bits per heavy atom. The van der Waals surface area contributed by atoms with E-state index in [2.05, 4.69) is 46.6 Å². The van der Waals surface area contributed by atoms with E-state index in [1.165, 1.54) is 30.5 Å². The maximum Gasteiger partial charge on any atom is 0.176 e. The van der Waals surface area contributed by atoms with E-state index in [-0.39, 0.29) is 5.54 Å². The molecule has 1 aromatic heterocycles. The minimum Gasteiger partial charge on any atom is -0.315 e. The molecule has 0 aromatic carbocycles. The summed E-state index contributed by atoms with van der Waals surface area (Å²) in [4.78, 5) is 3.94. The zero-order valence-electron chi connectivity index (χ0n) is 13.4. The number of rotatable bonds is 5. The quantitative estimate of drug-likeness (QED) is 0.866. The third kappa shape index (κ3) is 3.01. The molecule has 114 valence electrons. The number of aromatic nitrogens is 4. The van der Waals surface area contributed by atoms with E-state index < -0.39 is 0 Å². The Hall–Kier alpha value is -1.01. The van der Waals surface area contributed by atoms with Gasteiger partial charge >= 0.3 is 0 Å². The number of nitrogens with one attached hydrogen (secondary N) is 1. The Kier molecular flexibility index (Phi) is 4.75. The molecule has 0 saturated heterocycles. The van der Waals surface area contributed by atoms with Crippen molar-refractivity contribution < 1.29 is 0 Å². The van der Waals surface area contributed by atoms with Gasteiger partial charge in [0.05, 0.1) is 7.05 Å². The van der Waals surface area contributed by atoms with E-state index in [0.717, 1.165) is 18.2 Å². The summed E-state index contributed by atoms with van der Waals surface area (Å²) >= 11 is 0. The number of hydrogen-bond donors (Lipinski definition) is 1. The van der Waals surface area contributed by atoms with Gasteiger partial charge in [-0.15, -0.1) is 10.2 Å². The summed E-state index contributed by atoms with van der Waals surface area (Å²) in [5.74, 6) is 1.60. The van der Waals surface area contributed by atoms with Crippen molar-refractivity contribution in [1.29, 1.82) is 0 Å². The van der Waals surface area contributed by atoms with Gasteiger partial charge < -0.3 is 10.2 Å². The molecule has 6 nitrogen and oxygen atoms in total. The Labute approximate surface area is 121 Å². The Balaban J connectivity index is 2.20. The van der Waals surface area contributed by atoms with Crippen LogP contribution in [0.1, 0.15) is 38.4 Å². The fraction of sp³-hybridized carbons (Fsp3) is 0.929. The predicted octanol–water partition coefficient (Wildman–Crippen LogP) is 0.851. The summed E-state index contributed by atoms with van der Waals surface area (Å²) < 4.78 is 0. The van der Waals surface area contributed by atoms with Crippen LogP contribution in [-0.4, -0.2) is 57.8 Å². The molecule has 1 aliphatic carbocycles. The van der Waals surface area contributed by atoms with Crippen molar-refractivity contribution in [3.05, 3.63) is 5.82 Å². The second-order valence-electron chi connectivity index (χ2n) is 6.44. The average molecular weight is 280 g/mol. The topological polar surface area (TPSA) is 58.9 Å². The summed E-state index contributed by atoms with van der Waals surface area (Å²) in [5.41, 5.74) is 0.186. The van der Waals surface area contributed by atoms with Crippen LogP contribution in [-0.2, 0) is 13.5 Å². The lowest BCUT2D eigenvalue weighted by Gasteiger charge is -2.50. The molecular formula is C14H28N6. The van der Waals surface area contributed by atoms with Gasteiger partial charge in [0.1, 0.15) is 0 Å². The first-order chi connectivity index (χ1) is 9.48. The molecule has 2 rings (SSSR count). The predicted molar refractivity (Wildman–Crippen MR) is 79.4 cm³/mol. The second-order valence-corrected chi connectivity index (χ2v) is 6.44. The minimum atomic E-state index is 0.186. The van der Waals surface area contributed by atoms with Gasteiger partial charge in [-0.2, -0.15) is 4.80 Å². The third-order valence-electron chi connectivity index (χ3n) is 4.83. The first-order valence-electron chi connectivity index (χ1n) is 7.55. The number of aryl methyl sites for hydroxylation is 1. The van der Waals surface area contributed by atoms with Crippen LogP contribution in [0.3, 0.4) is 0 Å². The van der Waals surface area contributed by atoms with Crippen molar-refractivity contribution in [2.24, 2.45) is 13.0 Å². The Morgan fingerprint density at radius 1 is 1.50 bits per heavy atom. The lowest BCUT2D eigenvalue weighted by Crippen LogP contribution is -2.61. The van der Waals surface area contributed by atoms with Crippen molar-refractivity contribution in [3.63, 3.8) is 0 Å². The zero-order valence-corrected chi connectivity index (χ0v) is 13.4. The van der Waals surface area contributed by atoms with E-state index in [9.17, 15) is 0 Å². The molecule has 0 spiro atoms. The lowest BCUT2D eigenvalue weighted by atomic mass is 9.70. The Morgan fingerprint density at radius 3 is 2.75 bits per heavy atom. The molecule has 1 aliphatic rings. The largest absolute Gasteiger partial charge is 0.315 e. The molecule has 1 saturated carbocycles. The lowest BCUT2D eigenvalue weighted by molar-refractivity contribution is 0.0392. The highest BCUT2D eigenvalue weighted by atomic mass is 15.6. The minimum absolute atomic E-state index is 0.186. The number of nitrogens with zero attached hydrogens (tertiary/aromatic N) is 5. The molecule has 1 fully saturated rings. The van der Waals surface area contributed by atoms with Crippen molar-refractivity contribution in [2.75, 3.05) is 21.1 Å². The van der Waals surface area contributed by atoms with Gasteiger partial charge in [0.25, 0.3) is 0 Å². The SMILES string of the molecule is CNC(Cc1nnn(C)n1)C1(N(C)C)CCCC(C)C1. The smallest absolute Gasteiger partial charge is 0.176 e. The Bertz CT molecular complexity index is 429. The molecule has 1 aromatic rings. The number of tetrazole rings is 1. The fourth-order valence-electron chi connectivity index (χ4n) is 3.75. The fourth-order valence-corrected chi connectivity index (χ4v) is 3.75. The van der Waals surface area contributed by atoms with E-state index in [1.54, 1.807) is 0 Å². The molecule has 0 aliphatic heterocycles. The van der Waals surface area contributed by atoms with Crippen LogP contribution in [0.2, 0.25) is 0 Å². The zero-order chi connectivity index (χ0) is 14.8. The second kappa shape index (κ2) is 6.18. The summed E-state index contributed by atoms with van der Waals surface area (Å²) in [6, 6.07) is 0.351. The summed E-state index contributed by atoms with van der Waals surface area (Å²) in [5, 5.41) is 15.9. The molecule has 0 amide bonds. The van der Waals surface area contributed by atoms with Gasteiger partial charge in [-0.1, -0.05) is 19.8 Å². The van der Waals surface area contributed by atoms with E-state index in [4.69, 9.17) is 0 Å². The van der Waals surface area contributed by atoms with Gasteiger partial charge in [0, 0.05) is 18.0 Å². The summed E-state index contributed by atoms with van der Waals surface area (Å²) in [7, 11) is 8.26. The first-order valence-corrected chi connectivity index (χ1v) is 7.55. The van der Waals surface area contributed by atoms with Gasteiger partial charge in [-0.3, -0.25) is 0 Å². The molecule has 20 heavy (non-hydrogen) atoms. The highest BCUT2D eigenvalue weighted by molar-refractivity contribution is 5.04. The summed E-state index contributed by atoms with van der Waals surface area (Å²) in [6.45, 7) is 2.37. The monoisotopic (exact) mass is 280 g/mol. The molecule has 3 atom stereocenters. The van der Waals surface area contributed by atoms with Crippen LogP contribution in [0.15, 0.2) is 0 Å². The normalized spacial score (nSPS) is 28.8. The molecule has 1 heterocycles. The molecule has 3 unspecified atom stereocenters. The van der Waals surface area contributed by atoms with Crippen molar-refractivity contribution in [3.8, 4) is 0 Å². The van der Waals surface area contributed by atoms with Crippen molar-refractivity contribution >= 4 is 0 Å². The average Bonchev–Trinajstić information content (AvgIpc) is 2.81. The maximum absolute atomic E-state index is 4.34. The molecular weight excluding hydrogens is 252 g/mol. The number of hydrogen-bond acceptors (Lipinski definition) is 5. The van der Waals surface area contributed by atoms with E-state index >= 15 is 0 Å². The van der Waals surface area contributed by atoms with Gasteiger partial charge in [0.2, 0.25) is 0 Å². The highest BCUT2D eigenvalue weighted by Crippen LogP contribution is 2.38. The van der Waals surface area contributed by atoms with Crippen LogP contribution in [0, 0.1) is 5.92 Å². The number of likely N-dealkylation sites (N-methyl/N-ethyl adjacent to an activating group) is 2. The van der Waals surface area contributed by atoms with Gasteiger partial charge in [-0.05, 0) is 45.1 Å². The van der Waals surface area contributed by atoms with Crippen LogP contribution >= 0.6 is 0 Å². The van der Waals surface area contributed by atoms with Crippen LogP contribution < -0.4 is 5.32 Å². The third-order valence-corrected chi connectivity index (χ3v) is 4.83. The van der Waals surface area contributed by atoms with E-state index in [0.29, 0.717) is 6.04 Å². The van der Waals surface area contributed by atoms with Crippen LogP contribution in [0.4, 0.5) is 0 Å². The van der Waals surface area contributed by atoms with Gasteiger partial charge in [0.15, 0.2) is 5.82 Å². The highest BCUT2D eigenvalue weighted by Gasteiger charge is 2.43. The molecule has 0 radical (unpaired) electrons. The molecule has 1 N–H and O–H groups in total. The standard InChI is InChI=1S/C14H28N6/c1-11-7-6-8-14(10-11,19(3)4)12(15-2)9-13-16-18-20(5)17-13/h11-12,15H,6-10H2,1-5H3. The van der Waals surface area contributed by atoms with Gasteiger partial charge in [-0.25, -0.2) is 0 Å². The van der Waals surface area contributed by atoms with Crippen molar-refractivity contribution in [1.82, 2.24) is 30.4 Å². The summed E-state index contributed by atoms with van der Waals surface area (Å²) in [6.07, 6.45) is 5.93. The first kappa shape index (κ1) is 15.4. The van der Waals surface area contributed by atoms with Crippen LogP contribution in [0.25, 0.3) is 0 Å². The maximum atomic E-state index is 4.34. The molecule has 6 heteroatoms. The molecule has 0 bridgehead atoms. The van der Waals surface area contributed by atoms with E-state index in [1.807, 2.05) is 14.1 Å².